The Morgan fingerprint density at radius 2 is 1.50 bits per heavy atom. The third-order valence-electron chi connectivity index (χ3n) is 1.24. The summed E-state index contributed by atoms with van der Waals surface area (Å²) in [6.07, 6.45) is -2.44. The summed E-state index contributed by atoms with van der Waals surface area (Å²) in [6, 6.07) is 0. The first kappa shape index (κ1) is 15.5. The van der Waals surface area contributed by atoms with E-state index in [9.17, 15) is 4.79 Å². The largest absolute Gasteiger partial charge is 0.394 e. The number of hydrogen-bond donors (Lipinski definition) is 5. The number of aliphatic hydroxyl groups is 4. The van der Waals surface area contributed by atoms with E-state index >= 15 is 0 Å². The lowest BCUT2D eigenvalue weighted by molar-refractivity contribution is -0.114. The molecule has 0 spiro atoms. The van der Waals surface area contributed by atoms with E-state index in [0.29, 0.717) is 5.57 Å². The van der Waals surface area contributed by atoms with Gasteiger partial charge in [-0.1, -0.05) is 6.58 Å². The number of primary amides is 1. The molecule has 0 bridgehead atoms. The molecule has 0 saturated carbocycles. The number of amides is 1. The van der Waals surface area contributed by atoms with Crippen molar-refractivity contribution in [2.24, 2.45) is 5.73 Å². The van der Waals surface area contributed by atoms with Gasteiger partial charge in [-0.15, -0.1) is 0 Å². The van der Waals surface area contributed by atoms with Crippen molar-refractivity contribution in [2.45, 2.75) is 19.1 Å². The highest BCUT2D eigenvalue weighted by Gasteiger charge is 2.12. The Bertz CT molecular complexity index is 163. The maximum atomic E-state index is 9.82. The van der Waals surface area contributed by atoms with Gasteiger partial charge in [-0.3, -0.25) is 4.79 Å². The first-order chi connectivity index (χ1) is 6.36. The molecule has 14 heavy (non-hydrogen) atoms. The fourth-order valence-electron chi connectivity index (χ4n) is 0.243. The number of carbonyl (C=O) groups is 1. The maximum absolute atomic E-state index is 9.82. The van der Waals surface area contributed by atoms with E-state index < -0.39 is 31.3 Å². The molecule has 6 N–H and O–H groups in total. The van der Waals surface area contributed by atoms with Crippen LogP contribution in [0.2, 0.25) is 0 Å². The molecule has 0 aliphatic rings. The van der Waals surface area contributed by atoms with Crippen molar-refractivity contribution in [2.75, 3.05) is 13.2 Å². The predicted octanol–water partition coefficient (Wildman–Crippen LogP) is -2.26. The maximum Gasteiger partial charge on any atom is 0.243 e. The zero-order valence-electron chi connectivity index (χ0n) is 8.05. The first-order valence-electron chi connectivity index (χ1n) is 3.90. The number of aliphatic hydroxyl groups excluding tert-OH is 4. The Balaban J connectivity index is 0. The molecule has 84 valence electrons. The van der Waals surface area contributed by atoms with Crippen molar-refractivity contribution in [3.05, 3.63) is 12.2 Å². The van der Waals surface area contributed by atoms with Crippen molar-refractivity contribution in [1.29, 1.82) is 0 Å². The molecule has 0 rings (SSSR count). The van der Waals surface area contributed by atoms with E-state index in [4.69, 9.17) is 26.2 Å². The van der Waals surface area contributed by atoms with E-state index in [1.54, 1.807) is 6.92 Å². The van der Waals surface area contributed by atoms with E-state index in [-0.39, 0.29) is 0 Å². The quantitative estimate of drug-likeness (QED) is 0.333. The molecule has 0 radical (unpaired) electrons. The second-order valence-electron chi connectivity index (χ2n) is 2.64. The summed E-state index contributed by atoms with van der Waals surface area (Å²) in [5.41, 5.74) is 5.09. The SMILES string of the molecule is C=C(C)C(N)=O.OC[C@@H](O)[C@@H](O)CO. The molecule has 0 aliphatic heterocycles. The van der Waals surface area contributed by atoms with Crippen LogP contribution in [0.15, 0.2) is 12.2 Å². The predicted molar refractivity (Wildman–Crippen MR) is 50.2 cm³/mol. The first-order valence-corrected chi connectivity index (χ1v) is 3.90. The molecule has 0 aromatic carbocycles. The highest BCUT2D eigenvalue weighted by molar-refractivity contribution is 5.90. The second kappa shape index (κ2) is 8.64. The lowest BCUT2D eigenvalue weighted by atomic mass is 10.2. The Morgan fingerprint density at radius 3 is 1.57 bits per heavy atom. The number of hydrogen-bond acceptors (Lipinski definition) is 5. The van der Waals surface area contributed by atoms with E-state index in [2.05, 4.69) is 6.58 Å². The summed E-state index contributed by atoms with van der Waals surface area (Å²) in [6.45, 7) is 3.80. The van der Waals surface area contributed by atoms with Crippen molar-refractivity contribution in [3.8, 4) is 0 Å². The second-order valence-corrected chi connectivity index (χ2v) is 2.64. The van der Waals surface area contributed by atoms with Crippen LogP contribution in [-0.2, 0) is 4.79 Å². The lowest BCUT2D eigenvalue weighted by Gasteiger charge is -2.10. The highest BCUT2D eigenvalue weighted by atomic mass is 16.4. The molecule has 0 aliphatic carbocycles. The van der Waals surface area contributed by atoms with Crippen LogP contribution in [0.1, 0.15) is 6.92 Å². The van der Waals surface area contributed by atoms with Crippen LogP contribution in [-0.4, -0.2) is 51.8 Å². The van der Waals surface area contributed by atoms with Crippen LogP contribution in [0.4, 0.5) is 0 Å². The number of nitrogens with two attached hydrogens (primary N) is 1. The van der Waals surface area contributed by atoms with Gasteiger partial charge in [0, 0.05) is 5.57 Å². The topological polar surface area (TPSA) is 124 Å². The smallest absolute Gasteiger partial charge is 0.243 e. The molecule has 0 saturated heterocycles. The monoisotopic (exact) mass is 207 g/mol. The van der Waals surface area contributed by atoms with Crippen LogP contribution in [0.3, 0.4) is 0 Å². The molecule has 6 nitrogen and oxygen atoms in total. The van der Waals surface area contributed by atoms with Crippen LogP contribution >= 0.6 is 0 Å². The fourth-order valence-corrected chi connectivity index (χ4v) is 0.243. The van der Waals surface area contributed by atoms with Gasteiger partial charge < -0.3 is 26.2 Å². The number of rotatable bonds is 4. The Hall–Kier alpha value is -0.950. The van der Waals surface area contributed by atoms with Gasteiger partial charge in [-0.2, -0.15) is 0 Å². The molecule has 1 amide bonds. The van der Waals surface area contributed by atoms with Gasteiger partial charge in [0.15, 0.2) is 0 Å². The molecule has 2 atom stereocenters. The molecular formula is C8H17NO5. The average molecular weight is 207 g/mol. The molecule has 6 heteroatoms. The normalized spacial score (nSPS) is 13.5. The molecule has 0 aromatic heterocycles. The zero-order valence-corrected chi connectivity index (χ0v) is 8.05. The lowest BCUT2D eigenvalue weighted by Crippen LogP contribution is -2.31. The summed E-state index contributed by atoms with van der Waals surface area (Å²) in [4.78, 5) is 9.82. The Morgan fingerprint density at radius 1 is 1.29 bits per heavy atom. The highest BCUT2D eigenvalue weighted by Crippen LogP contribution is 1.88. The summed E-state index contributed by atoms with van der Waals surface area (Å²) in [5, 5.41) is 33.2. The summed E-state index contributed by atoms with van der Waals surface area (Å²) in [5.74, 6) is -0.435. The van der Waals surface area contributed by atoms with Crippen LogP contribution in [0.25, 0.3) is 0 Å². The van der Waals surface area contributed by atoms with Crippen molar-refractivity contribution in [3.63, 3.8) is 0 Å². The van der Waals surface area contributed by atoms with Crippen LogP contribution < -0.4 is 5.73 Å². The third kappa shape index (κ3) is 9.14. The summed E-state index contributed by atoms with van der Waals surface area (Å²) >= 11 is 0. The molecule has 0 aromatic rings. The third-order valence-corrected chi connectivity index (χ3v) is 1.24. The van der Waals surface area contributed by atoms with Gasteiger partial charge in [-0.05, 0) is 6.92 Å². The van der Waals surface area contributed by atoms with Gasteiger partial charge >= 0.3 is 0 Å². The minimum atomic E-state index is -1.22. The van der Waals surface area contributed by atoms with Crippen molar-refractivity contribution in [1.82, 2.24) is 0 Å². The molecule has 0 fully saturated rings. The molecule has 0 heterocycles. The summed E-state index contributed by atoms with van der Waals surface area (Å²) < 4.78 is 0. The van der Waals surface area contributed by atoms with Crippen LogP contribution in [0, 0.1) is 0 Å². The van der Waals surface area contributed by atoms with Crippen LogP contribution in [0.5, 0.6) is 0 Å². The fraction of sp³-hybridized carbons (Fsp3) is 0.625. The zero-order chi connectivity index (χ0) is 11.7. The van der Waals surface area contributed by atoms with Crippen molar-refractivity contribution >= 4 is 5.91 Å². The average Bonchev–Trinajstić information content (AvgIpc) is 2.16. The van der Waals surface area contributed by atoms with E-state index in [0.717, 1.165) is 0 Å². The van der Waals surface area contributed by atoms with Gasteiger partial charge in [0.1, 0.15) is 12.2 Å². The standard InChI is InChI=1S/C4H7NO.C4H10O4/c1-3(2)4(5)6;5-1-3(7)4(8)2-6/h1H2,2H3,(H2,5,6);3-8H,1-2H2/t;3-,4+. The van der Waals surface area contributed by atoms with E-state index in [1.165, 1.54) is 0 Å². The Labute approximate surface area is 82.3 Å². The minimum Gasteiger partial charge on any atom is -0.394 e. The van der Waals surface area contributed by atoms with E-state index in [1.807, 2.05) is 0 Å². The molecular weight excluding hydrogens is 190 g/mol. The van der Waals surface area contributed by atoms with Gasteiger partial charge in [-0.25, -0.2) is 0 Å². The van der Waals surface area contributed by atoms with Gasteiger partial charge in [0.2, 0.25) is 5.91 Å². The summed E-state index contributed by atoms with van der Waals surface area (Å²) in [7, 11) is 0. The number of carbonyl (C=O) groups excluding carboxylic acids is 1. The van der Waals surface area contributed by atoms with Crippen molar-refractivity contribution < 1.29 is 25.2 Å². The minimum absolute atomic E-state index is 0.398. The molecule has 0 unspecified atom stereocenters. The van der Waals surface area contributed by atoms with Gasteiger partial charge in [0.25, 0.3) is 0 Å². The van der Waals surface area contributed by atoms with Gasteiger partial charge in [0.05, 0.1) is 13.2 Å². The Kier molecular flexibility index (Phi) is 9.58.